The van der Waals surface area contributed by atoms with E-state index in [2.05, 4.69) is 10.3 Å². The van der Waals surface area contributed by atoms with E-state index in [4.69, 9.17) is 9.84 Å². The molecule has 0 radical (unpaired) electrons. The SMILES string of the molecule is CC(C)Oc1ncccc1CNC[C@@H](C)O. The molecule has 0 fully saturated rings. The van der Waals surface area contributed by atoms with Crippen molar-refractivity contribution in [3.05, 3.63) is 23.9 Å². The zero-order chi connectivity index (χ0) is 12.0. The Morgan fingerprint density at radius 2 is 2.19 bits per heavy atom. The molecule has 1 rings (SSSR count). The minimum Gasteiger partial charge on any atom is -0.475 e. The molecule has 2 N–H and O–H groups in total. The van der Waals surface area contributed by atoms with Gasteiger partial charge in [0.05, 0.1) is 12.2 Å². The normalized spacial score (nSPS) is 12.8. The molecule has 0 amide bonds. The van der Waals surface area contributed by atoms with Gasteiger partial charge >= 0.3 is 0 Å². The largest absolute Gasteiger partial charge is 0.475 e. The Labute approximate surface area is 96.7 Å². The van der Waals surface area contributed by atoms with Crippen LogP contribution in [0.1, 0.15) is 26.3 Å². The molecule has 0 aliphatic rings. The number of aliphatic hydroxyl groups is 1. The molecule has 16 heavy (non-hydrogen) atoms. The molecule has 1 heterocycles. The van der Waals surface area contributed by atoms with Gasteiger partial charge in [-0.3, -0.25) is 0 Å². The highest BCUT2D eigenvalue weighted by Gasteiger charge is 2.06. The molecule has 0 saturated heterocycles. The van der Waals surface area contributed by atoms with Crippen LogP contribution in [0.25, 0.3) is 0 Å². The molecule has 1 aromatic heterocycles. The van der Waals surface area contributed by atoms with Gasteiger partial charge in [0.25, 0.3) is 0 Å². The fourth-order valence-corrected chi connectivity index (χ4v) is 1.30. The van der Waals surface area contributed by atoms with Gasteiger partial charge in [0.2, 0.25) is 5.88 Å². The highest BCUT2D eigenvalue weighted by atomic mass is 16.5. The summed E-state index contributed by atoms with van der Waals surface area (Å²) in [6, 6.07) is 3.85. The molecule has 1 atom stereocenters. The fraction of sp³-hybridized carbons (Fsp3) is 0.583. The van der Waals surface area contributed by atoms with Gasteiger partial charge in [-0.25, -0.2) is 4.98 Å². The van der Waals surface area contributed by atoms with Crippen LogP contribution in [-0.4, -0.2) is 28.8 Å². The third-order valence-corrected chi connectivity index (χ3v) is 1.95. The molecule has 0 spiro atoms. The molecular formula is C12H20N2O2. The van der Waals surface area contributed by atoms with E-state index in [9.17, 15) is 0 Å². The Balaban J connectivity index is 2.56. The summed E-state index contributed by atoms with van der Waals surface area (Å²) in [7, 11) is 0. The first-order valence-corrected chi connectivity index (χ1v) is 5.59. The molecule has 90 valence electrons. The minimum absolute atomic E-state index is 0.116. The molecule has 0 bridgehead atoms. The van der Waals surface area contributed by atoms with E-state index in [-0.39, 0.29) is 12.2 Å². The van der Waals surface area contributed by atoms with E-state index in [0.717, 1.165) is 5.56 Å². The van der Waals surface area contributed by atoms with Crippen LogP contribution in [0.3, 0.4) is 0 Å². The second kappa shape index (κ2) is 6.45. The summed E-state index contributed by atoms with van der Waals surface area (Å²) in [5.74, 6) is 0.663. The van der Waals surface area contributed by atoms with E-state index in [0.29, 0.717) is 19.0 Å². The maximum atomic E-state index is 9.14. The maximum Gasteiger partial charge on any atom is 0.218 e. The predicted octanol–water partition coefficient (Wildman–Crippen LogP) is 1.34. The molecule has 1 aromatic rings. The van der Waals surface area contributed by atoms with Crippen LogP contribution in [0.15, 0.2) is 18.3 Å². The van der Waals surface area contributed by atoms with Gasteiger partial charge in [0.15, 0.2) is 0 Å². The van der Waals surface area contributed by atoms with Gasteiger partial charge in [-0.15, -0.1) is 0 Å². The Kier molecular flexibility index (Phi) is 5.22. The summed E-state index contributed by atoms with van der Waals surface area (Å²) in [5, 5.41) is 12.3. The van der Waals surface area contributed by atoms with E-state index in [1.165, 1.54) is 0 Å². The quantitative estimate of drug-likeness (QED) is 0.765. The zero-order valence-corrected chi connectivity index (χ0v) is 10.1. The number of nitrogens with one attached hydrogen (secondary N) is 1. The summed E-state index contributed by atoms with van der Waals surface area (Å²) in [6.07, 6.45) is 1.49. The van der Waals surface area contributed by atoms with Crippen LogP contribution in [0, 0.1) is 0 Å². The van der Waals surface area contributed by atoms with Crippen LogP contribution >= 0.6 is 0 Å². The first-order chi connectivity index (χ1) is 7.59. The number of pyridine rings is 1. The Hall–Kier alpha value is -1.13. The van der Waals surface area contributed by atoms with Gasteiger partial charge in [0.1, 0.15) is 0 Å². The van der Waals surface area contributed by atoms with E-state index < -0.39 is 0 Å². The molecule has 0 aromatic carbocycles. The second-order valence-corrected chi connectivity index (χ2v) is 4.11. The molecule has 4 nitrogen and oxygen atoms in total. The van der Waals surface area contributed by atoms with Gasteiger partial charge in [-0.05, 0) is 26.8 Å². The first kappa shape index (κ1) is 12.9. The van der Waals surface area contributed by atoms with Crippen molar-refractivity contribution in [1.82, 2.24) is 10.3 Å². The Morgan fingerprint density at radius 1 is 1.44 bits per heavy atom. The summed E-state index contributed by atoms with van der Waals surface area (Å²) in [6.45, 7) is 6.92. The van der Waals surface area contributed by atoms with Gasteiger partial charge < -0.3 is 15.2 Å². The zero-order valence-electron chi connectivity index (χ0n) is 10.1. The van der Waals surface area contributed by atoms with Crippen molar-refractivity contribution in [3.8, 4) is 5.88 Å². The monoisotopic (exact) mass is 224 g/mol. The fourth-order valence-electron chi connectivity index (χ4n) is 1.30. The van der Waals surface area contributed by atoms with Crippen molar-refractivity contribution in [3.63, 3.8) is 0 Å². The lowest BCUT2D eigenvalue weighted by molar-refractivity contribution is 0.190. The highest BCUT2D eigenvalue weighted by Crippen LogP contribution is 2.15. The highest BCUT2D eigenvalue weighted by molar-refractivity contribution is 5.25. The molecule has 0 aliphatic carbocycles. The van der Waals surface area contributed by atoms with Crippen LogP contribution in [-0.2, 0) is 6.54 Å². The summed E-state index contributed by atoms with van der Waals surface area (Å²) in [4.78, 5) is 4.19. The summed E-state index contributed by atoms with van der Waals surface area (Å²) >= 11 is 0. The van der Waals surface area contributed by atoms with Crippen molar-refractivity contribution < 1.29 is 9.84 Å². The van der Waals surface area contributed by atoms with Crippen LogP contribution < -0.4 is 10.1 Å². The lowest BCUT2D eigenvalue weighted by Crippen LogP contribution is -2.24. The third-order valence-electron chi connectivity index (χ3n) is 1.95. The number of rotatable bonds is 6. The average molecular weight is 224 g/mol. The van der Waals surface area contributed by atoms with Crippen molar-refractivity contribution >= 4 is 0 Å². The standard InChI is InChI=1S/C12H20N2O2/c1-9(2)16-12-11(5-4-6-14-12)8-13-7-10(3)15/h4-6,9-10,13,15H,7-8H2,1-3H3/t10-/m1/s1. The Bertz CT molecular complexity index is 314. The smallest absolute Gasteiger partial charge is 0.218 e. The number of aromatic nitrogens is 1. The summed E-state index contributed by atoms with van der Waals surface area (Å²) in [5.41, 5.74) is 1.01. The lowest BCUT2D eigenvalue weighted by Gasteiger charge is -2.13. The molecule has 0 saturated carbocycles. The predicted molar refractivity (Wildman–Crippen MR) is 63.4 cm³/mol. The van der Waals surface area contributed by atoms with Gasteiger partial charge in [-0.1, -0.05) is 6.07 Å². The van der Waals surface area contributed by atoms with E-state index in [1.807, 2.05) is 26.0 Å². The van der Waals surface area contributed by atoms with Gasteiger partial charge in [0, 0.05) is 24.8 Å². The molecular weight excluding hydrogens is 204 g/mol. The van der Waals surface area contributed by atoms with E-state index in [1.54, 1.807) is 13.1 Å². The lowest BCUT2D eigenvalue weighted by atomic mass is 10.2. The summed E-state index contributed by atoms with van der Waals surface area (Å²) < 4.78 is 5.59. The third kappa shape index (κ3) is 4.59. The number of hydrogen-bond donors (Lipinski definition) is 2. The minimum atomic E-state index is -0.342. The molecule has 0 unspecified atom stereocenters. The Morgan fingerprint density at radius 3 is 2.81 bits per heavy atom. The number of ether oxygens (including phenoxy) is 1. The number of nitrogens with zero attached hydrogens (tertiary/aromatic N) is 1. The van der Waals surface area contributed by atoms with Crippen LogP contribution in [0.5, 0.6) is 5.88 Å². The van der Waals surface area contributed by atoms with Crippen molar-refractivity contribution in [2.24, 2.45) is 0 Å². The topological polar surface area (TPSA) is 54.4 Å². The van der Waals surface area contributed by atoms with Gasteiger partial charge in [-0.2, -0.15) is 0 Å². The first-order valence-electron chi connectivity index (χ1n) is 5.59. The number of hydrogen-bond acceptors (Lipinski definition) is 4. The molecule has 0 aliphatic heterocycles. The maximum absolute atomic E-state index is 9.14. The number of aliphatic hydroxyl groups excluding tert-OH is 1. The van der Waals surface area contributed by atoms with Crippen molar-refractivity contribution in [2.75, 3.05) is 6.54 Å². The second-order valence-electron chi connectivity index (χ2n) is 4.11. The van der Waals surface area contributed by atoms with E-state index >= 15 is 0 Å². The van der Waals surface area contributed by atoms with Crippen LogP contribution in [0.4, 0.5) is 0 Å². The van der Waals surface area contributed by atoms with Crippen LogP contribution in [0.2, 0.25) is 0 Å². The molecule has 4 heteroatoms. The average Bonchev–Trinajstić information content (AvgIpc) is 2.19. The van der Waals surface area contributed by atoms with Crippen molar-refractivity contribution in [2.45, 2.75) is 39.5 Å². The van der Waals surface area contributed by atoms with Crippen molar-refractivity contribution in [1.29, 1.82) is 0 Å².